The van der Waals surface area contributed by atoms with Crippen LogP contribution >= 0.6 is 0 Å². The van der Waals surface area contributed by atoms with Gasteiger partial charge in [-0.05, 0) is 19.1 Å². The predicted molar refractivity (Wildman–Crippen MR) is 64.0 cm³/mol. The maximum Gasteiger partial charge on any atom is 0.229 e. The third-order valence-electron chi connectivity index (χ3n) is 4.41. The van der Waals surface area contributed by atoms with Crippen LogP contribution in [0.25, 0.3) is 0 Å². The van der Waals surface area contributed by atoms with E-state index in [1.165, 1.54) is 44.2 Å². The minimum absolute atomic E-state index is 0.751. The molecule has 2 heteroatoms. The summed E-state index contributed by atoms with van der Waals surface area (Å²) in [5.41, 5.74) is 1.28. The van der Waals surface area contributed by atoms with Gasteiger partial charge in [0.25, 0.3) is 0 Å². The van der Waals surface area contributed by atoms with Crippen LogP contribution in [0.1, 0.15) is 44.3 Å². The molecule has 0 amide bonds. The largest absolute Gasteiger partial charge is 0.477 e. The Labute approximate surface area is 92.3 Å². The molecule has 2 saturated heterocycles. The normalized spacial score (nSPS) is 30.6. The second-order valence-electron chi connectivity index (χ2n) is 5.36. The standard InChI is InChI=1S/C13H19BO/c1-10-8-9-13(15-10)14-11-4-2-5-12(14)7-3-6-11/h8-9,11-12H,2-7H2,1H3. The summed E-state index contributed by atoms with van der Waals surface area (Å²) in [7, 11) is 0. The monoisotopic (exact) mass is 202 g/mol. The average Bonchev–Trinajstić information content (AvgIpc) is 2.63. The summed E-state index contributed by atoms with van der Waals surface area (Å²) < 4.78 is 5.86. The summed E-state index contributed by atoms with van der Waals surface area (Å²) in [6.07, 6.45) is 8.63. The van der Waals surface area contributed by atoms with E-state index in [9.17, 15) is 0 Å². The van der Waals surface area contributed by atoms with Crippen LogP contribution < -0.4 is 5.66 Å². The van der Waals surface area contributed by atoms with E-state index in [4.69, 9.17) is 4.42 Å². The van der Waals surface area contributed by atoms with Gasteiger partial charge in [-0.15, -0.1) is 0 Å². The van der Waals surface area contributed by atoms with Gasteiger partial charge in [-0.1, -0.05) is 50.2 Å². The van der Waals surface area contributed by atoms with E-state index in [1.54, 1.807) is 0 Å². The molecule has 0 radical (unpaired) electrons. The molecular formula is C13H19BO. The highest BCUT2D eigenvalue weighted by molar-refractivity contribution is 6.75. The highest BCUT2D eigenvalue weighted by atomic mass is 16.3. The molecule has 2 fully saturated rings. The Morgan fingerprint density at radius 2 is 1.67 bits per heavy atom. The molecule has 2 aliphatic rings. The maximum atomic E-state index is 5.86. The summed E-state index contributed by atoms with van der Waals surface area (Å²) >= 11 is 0. The van der Waals surface area contributed by atoms with Crippen molar-refractivity contribution < 1.29 is 4.42 Å². The number of aryl methyl sites for hydroxylation is 1. The van der Waals surface area contributed by atoms with Gasteiger partial charge < -0.3 is 4.42 Å². The van der Waals surface area contributed by atoms with E-state index in [1.807, 2.05) is 0 Å². The number of furan rings is 1. The molecule has 0 aromatic carbocycles. The summed E-state index contributed by atoms with van der Waals surface area (Å²) in [6, 6.07) is 4.34. The maximum absolute atomic E-state index is 5.86. The van der Waals surface area contributed by atoms with Crippen LogP contribution in [-0.4, -0.2) is 6.71 Å². The van der Waals surface area contributed by atoms with Gasteiger partial charge in [0.1, 0.15) is 0 Å². The first kappa shape index (κ1) is 9.56. The molecular weight excluding hydrogens is 183 g/mol. The second-order valence-corrected chi connectivity index (χ2v) is 5.36. The summed E-state index contributed by atoms with van der Waals surface area (Å²) in [5.74, 6) is 2.92. The van der Waals surface area contributed by atoms with Crippen LogP contribution in [0.15, 0.2) is 16.5 Å². The fourth-order valence-corrected chi connectivity index (χ4v) is 3.77. The molecule has 2 aliphatic heterocycles. The van der Waals surface area contributed by atoms with Crippen molar-refractivity contribution >= 4 is 12.4 Å². The third-order valence-corrected chi connectivity index (χ3v) is 4.41. The molecule has 0 aliphatic carbocycles. The lowest BCUT2D eigenvalue weighted by Crippen LogP contribution is -2.43. The topological polar surface area (TPSA) is 13.1 Å². The van der Waals surface area contributed by atoms with E-state index in [0.717, 1.165) is 24.1 Å². The van der Waals surface area contributed by atoms with Crippen molar-refractivity contribution in [3.8, 4) is 0 Å². The van der Waals surface area contributed by atoms with Gasteiger partial charge in [0, 0.05) is 0 Å². The molecule has 1 nitrogen and oxygen atoms in total. The Balaban J connectivity index is 1.90. The van der Waals surface area contributed by atoms with E-state index in [0.29, 0.717) is 0 Å². The van der Waals surface area contributed by atoms with Gasteiger partial charge in [-0.3, -0.25) is 0 Å². The molecule has 15 heavy (non-hydrogen) atoms. The third kappa shape index (κ3) is 1.64. The van der Waals surface area contributed by atoms with Gasteiger partial charge in [0.2, 0.25) is 6.71 Å². The van der Waals surface area contributed by atoms with Crippen LogP contribution in [0, 0.1) is 6.92 Å². The zero-order valence-corrected chi connectivity index (χ0v) is 9.54. The van der Waals surface area contributed by atoms with E-state index in [-0.39, 0.29) is 0 Å². The van der Waals surface area contributed by atoms with Crippen molar-refractivity contribution in [1.82, 2.24) is 0 Å². The first-order chi connectivity index (χ1) is 7.34. The Bertz CT molecular complexity index is 322. The lowest BCUT2D eigenvalue weighted by atomic mass is 9.26. The minimum atomic E-state index is 0.751. The molecule has 3 rings (SSSR count). The van der Waals surface area contributed by atoms with Crippen molar-refractivity contribution in [3.05, 3.63) is 17.9 Å². The predicted octanol–water partition coefficient (Wildman–Crippen LogP) is 3.40. The molecule has 0 atom stereocenters. The fraction of sp³-hybridized carbons (Fsp3) is 0.692. The van der Waals surface area contributed by atoms with Gasteiger partial charge >= 0.3 is 0 Å². The smallest absolute Gasteiger partial charge is 0.229 e. The second kappa shape index (κ2) is 3.73. The molecule has 1 aromatic heterocycles. The zero-order chi connectivity index (χ0) is 10.3. The average molecular weight is 202 g/mol. The Morgan fingerprint density at radius 3 is 2.13 bits per heavy atom. The first-order valence-electron chi connectivity index (χ1n) is 6.41. The van der Waals surface area contributed by atoms with Crippen LogP contribution in [0.4, 0.5) is 0 Å². The van der Waals surface area contributed by atoms with Crippen LogP contribution in [0.2, 0.25) is 11.6 Å². The summed E-state index contributed by atoms with van der Waals surface area (Å²) in [4.78, 5) is 0. The highest BCUT2D eigenvalue weighted by Crippen LogP contribution is 2.46. The van der Waals surface area contributed by atoms with Gasteiger partial charge in [0.05, 0.1) is 11.4 Å². The summed E-state index contributed by atoms with van der Waals surface area (Å²) in [6.45, 7) is 2.81. The van der Waals surface area contributed by atoms with Crippen molar-refractivity contribution in [2.75, 3.05) is 0 Å². The van der Waals surface area contributed by atoms with Crippen molar-refractivity contribution in [3.63, 3.8) is 0 Å². The fourth-order valence-electron chi connectivity index (χ4n) is 3.77. The summed E-state index contributed by atoms with van der Waals surface area (Å²) in [5, 5.41) is 0. The van der Waals surface area contributed by atoms with E-state index in [2.05, 4.69) is 19.1 Å². The molecule has 80 valence electrons. The Hall–Kier alpha value is -0.655. The molecule has 0 N–H and O–H groups in total. The number of rotatable bonds is 1. The van der Waals surface area contributed by atoms with Gasteiger partial charge in [-0.2, -0.15) is 0 Å². The first-order valence-corrected chi connectivity index (χ1v) is 6.41. The van der Waals surface area contributed by atoms with Crippen LogP contribution in [0.3, 0.4) is 0 Å². The Morgan fingerprint density at radius 1 is 1.07 bits per heavy atom. The van der Waals surface area contributed by atoms with Gasteiger partial charge in [0.15, 0.2) is 0 Å². The number of hydrogen-bond donors (Lipinski definition) is 0. The molecule has 0 spiro atoms. The molecule has 0 saturated carbocycles. The van der Waals surface area contributed by atoms with Crippen molar-refractivity contribution in [1.29, 1.82) is 0 Å². The number of hydrogen-bond acceptors (Lipinski definition) is 1. The lowest BCUT2D eigenvalue weighted by Gasteiger charge is -2.39. The Kier molecular flexibility index (Phi) is 2.38. The van der Waals surface area contributed by atoms with E-state index >= 15 is 0 Å². The van der Waals surface area contributed by atoms with Crippen LogP contribution in [-0.2, 0) is 0 Å². The molecule has 3 heterocycles. The molecule has 1 aromatic rings. The molecule has 2 bridgehead atoms. The van der Waals surface area contributed by atoms with Crippen molar-refractivity contribution in [2.45, 2.75) is 57.1 Å². The lowest BCUT2D eigenvalue weighted by molar-refractivity contribution is 0.440. The van der Waals surface area contributed by atoms with Crippen molar-refractivity contribution in [2.24, 2.45) is 0 Å². The van der Waals surface area contributed by atoms with Crippen LogP contribution in [0.5, 0.6) is 0 Å². The zero-order valence-electron chi connectivity index (χ0n) is 9.54. The minimum Gasteiger partial charge on any atom is -0.477 e. The number of fused-ring (bicyclic) bond motifs is 2. The molecule has 0 unspecified atom stereocenters. The highest BCUT2D eigenvalue weighted by Gasteiger charge is 2.42. The van der Waals surface area contributed by atoms with Gasteiger partial charge in [-0.25, -0.2) is 0 Å². The van der Waals surface area contributed by atoms with E-state index < -0.39 is 0 Å². The quantitative estimate of drug-likeness (QED) is 0.636. The SMILES string of the molecule is Cc1ccc(B2C3CCCC2CCC3)o1.